The van der Waals surface area contributed by atoms with E-state index in [1.54, 1.807) is 12.1 Å². The zero-order valence-electron chi connectivity index (χ0n) is 12.3. The lowest BCUT2D eigenvalue weighted by atomic mass is 10.0. The number of halogens is 1. The lowest BCUT2D eigenvalue weighted by molar-refractivity contribution is 0.179. The first-order valence-electron chi connectivity index (χ1n) is 7.00. The van der Waals surface area contributed by atoms with E-state index in [0.717, 1.165) is 5.75 Å². The van der Waals surface area contributed by atoms with Crippen molar-refractivity contribution in [1.29, 1.82) is 0 Å². The molecule has 2 unspecified atom stereocenters. The van der Waals surface area contributed by atoms with Crippen molar-refractivity contribution in [3.05, 3.63) is 59.9 Å². The molecule has 0 amide bonds. The number of nitrogens with two attached hydrogens (primary N) is 1. The fraction of sp³-hybridized carbons (Fsp3) is 0.294. The number of benzene rings is 2. The van der Waals surface area contributed by atoms with Crippen molar-refractivity contribution in [2.75, 3.05) is 6.61 Å². The summed E-state index contributed by atoms with van der Waals surface area (Å²) >= 11 is 0. The second-order valence-electron chi connectivity index (χ2n) is 4.86. The van der Waals surface area contributed by atoms with Crippen LogP contribution in [0.4, 0.5) is 4.39 Å². The fourth-order valence-corrected chi connectivity index (χ4v) is 2.11. The SMILES string of the molecule is CCOc1cccc(OC(c2cccc(F)c2)C(C)N)c1. The van der Waals surface area contributed by atoms with Crippen LogP contribution in [0, 0.1) is 5.82 Å². The molecular weight excluding hydrogens is 269 g/mol. The van der Waals surface area contributed by atoms with Gasteiger partial charge >= 0.3 is 0 Å². The highest BCUT2D eigenvalue weighted by Crippen LogP contribution is 2.27. The first-order valence-corrected chi connectivity index (χ1v) is 7.00. The van der Waals surface area contributed by atoms with Gasteiger partial charge in [0.25, 0.3) is 0 Å². The van der Waals surface area contributed by atoms with Crippen LogP contribution in [0.15, 0.2) is 48.5 Å². The predicted octanol–water partition coefficient (Wildman–Crippen LogP) is 3.69. The standard InChI is InChI=1S/C17H20FNO2/c1-3-20-15-8-5-9-16(11-15)21-17(12(2)19)13-6-4-7-14(18)10-13/h4-12,17H,3,19H2,1-2H3. The van der Waals surface area contributed by atoms with Crippen molar-refractivity contribution in [2.24, 2.45) is 5.73 Å². The van der Waals surface area contributed by atoms with Crippen LogP contribution in [0.25, 0.3) is 0 Å². The van der Waals surface area contributed by atoms with E-state index < -0.39 is 6.10 Å². The van der Waals surface area contributed by atoms with E-state index in [9.17, 15) is 4.39 Å². The highest BCUT2D eigenvalue weighted by Gasteiger charge is 2.19. The summed E-state index contributed by atoms with van der Waals surface area (Å²) in [6, 6.07) is 13.4. The lowest BCUT2D eigenvalue weighted by Crippen LogP contribution is -2.29. The molecule has 0 aliphatic heterocycles. The Morgan fingerprint density at radius 2 is 1.81 bits per heavy atom. The zero-order chi connectivity index (χ0) is 15.2. The Labute approximate surface area is 124 Å². The molecule has 0 aromatic heterocycles. The quantitative estimate of drug-likeness (QED) is 0.882. The Balaban J connectivity index is 2.22. The number of hydrogen-bond acceptors (Lipinski definition) is 3. The number of ether oxygens (including phenoxy) is 2. The first kappa shape index (κ1) is 15.3. The van der Waals surface area contributed by atoms with Gasteiger partial charge in [-0.05, 0) is 43.7 Å². The van der Waals surface area contributed by atoms with Crippen molar-refractivity contribution in [3.8, 4) is 11.5 Å². The van der Waals surface area contributed by atoms with E-state index in [1.807, 2.05) is 38.1 Å². The van der Waals surface area contributed by atoms with Crippen molar-refractivity contribution in [1.82, 2.24) is 0 Å². The molecule has 0 aliphatic carbocycles. The highest BCUT2D eigenvalue weighted by atomic mass is 19.1. The summed E-state index contributed by atoms with van der Waals surface area (Å²) in [5.41, 5.74) is 6.70. The monoisotopic (exact) mass is 289 g/mol. The zero-order valence-corrected chi connectivity index (χ0v) is 12.3. The topological polar surface area (TPSA) is 44.5 Å². The molecule has 0 radical (unpaired) electrons. The molecule has 0 aliphatic rings. The maximum absolute atomic E-state index is 13.4. The third-order valence-electron chi connectivity index (χ3n) is 3.03. The Kier molecular flexibility index (Phi) is 5.17. The van der Waals surface area contributed by atoms with Crippen molar-refractivity contribution in [3.63, 3.8) is 0 Å². The third kappa shape index (κ3) is 4.20. The molecule has 2 aromatic carbocycles. The average molecular weight is 289 g/mol. The van der Waals surface area contributed by atoms with Crippen LogP contribution in [0.1, 0.15) is 25.5 Å². The molecule has 0 saturated carbocycles. The van der Waals surface area contributed by atoms with E-state index in [0.29, 0.717) is 17.9 Å². The minimum atomic E-state index is -0.419. The van der Waals surface area contributed by atoms with Crippen molar-refractivity contribution < 1.29 is 13.9 Å². The second kappa shape index (κ2) is 7.09. The van der Waals surface area contributed by atoms with Crippen LogP contribution in [0.5, 0.6) is 11.5 Å². The van der Waals surface area contributed by atoms with Crippen LogP contribution >= 0.6 is 0 Å². The van der Waals surface area contributed by atoms with Gasteiger partial charge in [0.15, 0.2) is 0 Å². The minimum absolute atomic E-state index is 0.275. The second-order valence-corrected chi connectivity index (χ2v) is 4.86. The predicted molar refractivity (Wildman–Crippen MR) is 81.0 cm³/mol. The smallest absolute Gasteiger partial charge is 0.139 e. The molecule has 21 heavy (non-hydrogen) atoms. The Hall–Kier alpha value is -2.07. The number of rotatable bonds is 6. The molecule has 2 aromatic rings. The van der Waals surface area contributed by atoms with E-state index in [-0.39, 0.29) is 11.9 Å². The molecule has 0 bridgehead atoms. The van der Waals surface area contributed by atoms with E-state index in [2.05, 4.69) is 0 Å². The van der Waals surface area contributed by atoms with Gasteiger partial charge < -0.3 is 15.2 Å². The van der Waals surface area contributed by atoms with Gasteiger partial charge in [-0.1, -0.05) is 18.2 Å². The van der Waals surface area contributed by atoms with Gasteiger partial charge in [0.05, 0.1) is 6.61 Å². The van der Waals surface area contributed by atoms with Gasteiger partial charge in [0.2, 0.25) is 0 Å². The van der Waals surface area contributed by atoms with Gasteiger partial charge in [-0.2, -0.15) is 0 Å². The molecule has 0 saturated heterocycles. The minimum Gasteiger partial charge on any atom is -0.494 e. The summed E-state index contributed by atoms with van der Waals surface area (Å²) in [5.74, 6) is 1.08. The summed E-state index contributed by atoms with van der Waals surface area (Å²) < 4.78 is 24.8. The number of hydrogen-bond donors (Lipinski definition) is 1. The van der Waals surface area contributed by atoms with Gasteiger partial charge in [-0.3, -0.25) is 0 Å². The van der Waals surface area contributed by atoms with Crippen LogP contribution in [-0.4, -0.2) is 12.6 Å². The van der Waals surface area contributed by atoms with Gasteiger partial charge in [0, 0.05) is 12.1 Å². The highest BCUT2D eigenvalue weighted by molar-refractivity contribution is 5.34. The van der Waals surface area contributed by atoms with Crippen LogP contribution in [0.3, 0.4) is 0 Å². The van der Waals surface area contributed by atoms with Gasteiger partial charge in [-0.15, -0.1) is 0 Å². The van der Waals surface area contributed by atoms with E-state index in [4.69, 9.17) is 15.2 Å². The largest absolute Gasteiger partial charge is 0.494 e. The summed E-state index contributed by atoms with van der Waals surface area (Å²) in [7, 11) is 0. The molecule has 0 fully saturated rings. The van der Waals surface area contributed by atoms with E-state index in [1.165, 1.54) is 12.1 Å². The summed E-state index contributed by atoms with van der Waals surface area (Å²) in [5, 5.41) is 0. The van der Waals surface area contributed by atoms with Crippen LogP contribution < -0.4 is 15.2 Å². The average Bonchev–Trinajstić information content (AvgIpc) is 2.45. The third-order valence-corrected chi connectivity index (χ3v) is 3.03. The van der Waals surface area contributed by atoms with Crippen LogP contribution in [-0.2, 0) is 0 Å². The van der Waals surface area contributed by atoms with Crippen molar-refractivity contribution in [2.45, 2.75) is 26.0 Å². The van der Waals surface area contributed by atoms with E-state index >= 15 is 0 Å². The molecular formula is C17H20FNO2. The molecule has 2 N–H and O–H groups in total. The van der Waals surface area contributed by atoms with Crippen molar-refractivity contribution >= 4 is 0 Å². The first-order chi connectivity index (χ1) is 10.1. The molecule has 0 heterocycles. The molecule has 0 spiro atoms. The molecule has 112 valence electrons. The van der Waals surface area contributed by atoms with Gasteiger partial charge in [0.1, 0.15) is 23.4 Å². The molecule has 2 rings (SSSR count). The summed E-state index contributed by atoms with van der Waals surface area (Å²) in [6.07, 6.45) is -0.419. The molecule has 2 atom stereocenters. The summed E-state index contributed by atoms with van der Waals surface area (Å²) in [6.45, 7) is 4.34. The van der Waals surface area contributed by atoms with Gasteiger partial charge in [-0.25, -0.2) is 4.39 Å². The molecule has 3 nitrogen and oxygen atoms in total. The Morgan fingerprint density at radius 3 is 2.48 bits per heavy atom. The fourth-order valence-electron chi connectivity index (χ4n) is 2.11. The molecule has 4 heteroatoms. The lowest BCUT2D eigenvalue weighted by Gasteiger charge is -2.23. The maximum atomic E-state index is 13.4. The summed E-state index contributed by atoms with van der Waals surface area (Å²) in [4.78, 5) is 0. The van der Waals surface area contributed by atoms with Crippen LogP contribution in [0.2, 0.25) is 0 Å². The Morgan fingerprint density at radius 1 is 1.10 bits per heavy atom. The Bertz CT molecular complexity index is 587. The normalized spacial score (nSPS) is 13.5. The maximum Gasteiger partial charge on any atom is 0.139 e.